The lowest BCUT2D eigenvalue weighted by Gasteiger charge is -2.11. The van der Waals surface area contributed by atoms with E-state index in [9.17, 15) is 0 Å². The van der Waals surface area contributed by atoms with Gasteiger partial charge in [0.05, 0.1) is 33.1 Å². The number of nitrogens with zero attached hydrogens (tertiary/aromatic N) is 3. The Balaban J connectivity index is 1.05. The summed E-state index contributed by atoms with van der Waals surface area (Å²) < 4.78 is 7.34. The Morgan fingerprint density at radius 3 is 1.33 bits per heavy atom. The SMILES string of the molecule is c1ccc(-c2ccc(-n3c4ccccc4c4cc(-c5ccc6c(c5)c5c(ccc7c8ccccc8n(-c8ccccc8)c75)n6-c5cccc(-c6ccccc6)c5)ccc43)cc2)cc1. The van der Waals surface area contributed by atoms with Crippen LogP contribution >= 0.6 is 0 Å². The third-order valence-corrected chi connectivity index (χ3v) is 13.0. The normalized spacial score (nSPS) is 11.8. The fraction of sp³-hybridized carbons (Fsp3) is 0. The van der Waals surface area contributed by atoms with Crippen molar-refractivity contribution in [1.29, 1.82) is 0 Å². The monoisotopic (exact) mass is 801 g/mol. The Morgan fingerprint density at radius 2 is 0.635 bits per heavy atom. The number of benzene rings is 10. The Kier molecular flexibility index (Phi) is 7.91. The number of hydrogen-bond donors (Lipinski definition) is 0. The van der Waals surface area contributed by atoms with E-state index in [0.717, 1.165) is 17.1 Å². The predicted octanol–water partition coefficient (Wildman–Crippen LogP) is 16.0. The van der Waals surface area contributed by atoms with Gasteiger partial charge in [0, 0.05) is 49.4 Å². The average Bonchev–Trinajstić information content (AvgIpc) is 4.00. The van der Waals surface area contributed by atoms with Crippen LogP contribution in [0.1, 0.15) is 0 Å². The molecular formula is C60H39N3. The van der Waals surface area contributed by atoms with Gasteiger partial charge in [-0.05, 0) is 112 Å². The van der Waals surface area contributed by atoms with Crippen LogP contribution in [0.4, 0.5) is 0 Å². The van der Waals surface area contributed by atoms with Crippen LogP contribution < -0.4 is 0 Å². The molecule has 0 atom stereocenters. The highest BCUT2D eigenvalue weighted by Gasteiger charge is 2.22. The van der Waals surface area contributed by atoms with Gasteiger partial charge in [-0.25, -0.2) is 0 Å². The summed E-state index contributed by atoms with van der Waals surface area (Å²) in [6.07, 6.45) is 0. The minimum absolute atomic E-state index is 1.14. The van der Waals surface area contributed by atoms with Crippen molar-refractivity contribution in [1.82, 2.24) is 13.7 Å². The lowest BCUT2D eigenvalue weighted by molar-refractivity contribution is 1.17. The maximum Gasteiger partial charge on any atom is 0.0641 e. The van der Waals surface area contributed by atoms with Crippen LogP contribution in [-0.4, -0.2) is 13.7 Å². The molecule has 0 aliphatic heterocycles. The summed E-state index contributed by atoms with van der Waals surface area (Å²) in [5.74, 6) is 0. The van der Waals surface area contributed by atoms with E-state index in [0.29, 0.717) is 0 Å². The van der Waals surface area contributed by atoms with Gasteiger partial charge >= 0.3 is 0 Å². The molecule has 0 saturated carbocycles. The number of aromatic nitrogens is 3. The van der Waals surface area contributed by atoms with E-state index in [1.807, 2.05) is 0 Å². The first kappa shape index (κ1) is 35.4. The van der Waals surface area contributed by atoms with E-state index in [1.54, 1.807) is 0 Å². The summed E-state index contributed by atoms with van der Waals surface area (Å²) in [4.78, 5) is 0. The highest BCUT2D eigenvalue weighted by atomic mass is 15.0. The molecule has 13 aromatic rings. The van der Waals surface area contributed by atoms with Crippen molar-refractivity contribution >= 4 is 65.4 Å². The van der Waals surface area contributed by atoms with E-state index in [4.69, 9.17) is 0 Å². The fourth-order valence-electron chi connectivity index (χ4n) is 10.2. The second-order valence-electron chi connectivity index (χ2n) is 16.5. The molecule has 0 N–H and O–H groups in total. The lowest BCUT2D eigenvalue weighted by Crippen LogP contribution is -1.95. The lowest BCUT2D eigenvalue weighted by atomic mass is 10.00. The molecule has 0 bridgehead atoms. The van der Waals surface area contributed by atoms with E-state index in [-0.39, 0.29) is 0 Å². The zero-order valence-electron chi connectivity index (χ0n) is 34.4. The average molecular weight is 802 g/mol. The number of hydrogen-bond acceptors (Lipinski definition) is 0. The van der Waals surface area contributed by atoms with E-state index >= 15 is 0 Å². The molecule has 63 heavy (non-hydrogen) atoms. The molecule has 0 radical (unpaired) electrons. The van der Waals surface area contributed by atoms with Gasteiger partial charge in [0.2, 0.25) is 0 Å². The first-order chi connectivity index (χ1) is 31.3. The van der Waals surface area contributed by atoms with Crippen LogP contribution in [0.3, 0.4) is 0 Å². The quantitative estimate of drug-likeness (QED) is 0.159. The molecule has 294 valence electrons. The fourth-order valence-corrected chi connectivity index (χ4v) is 10.2. The van der Waals surface area contributed by atoms with Crippen molar-refractivity contribution < 1.29 is 0 Å². The molecule has 0 saturated heterocycles. The topological polar surface area (TPSA) is 14.8 Å². The van der Waals surface area contributed by atoms with Gasteiger partial charge in [-0.3, -0.25) is 0 Å². The first-order valence-corrected chi connectivity index (χ1v) is 21.7. The standard InChI is InChI=1S/C60H39N3/c1-4-15-40(16-5-1)42-27-31-47(32-28-42)61-54-25-12-11-24-50(54)52-38-44(29-34-56(52)61)45-30-35-57-53(39-45)59-58(62(57)48-22-14-19-43(37-48)41-17-6-2-7-18-41)36-33-51-49-23-10-13-26-55(49)63(60(51)59)46-20-8-3-9-21-46/h1-39H. The van der Waals surface area contributed by atoms with Gasteiger partial charge in [0.25, 0.3) is 0 Å². The molecule has 3 heterocycles. The Bertz CT molecular complexity index is 3870. The van der Waals surface area contributed by atoms with Gasteiger partial charge in [0.15, 0.2) is 0 Å². The van der Waals surface area contributed by atoms with E-state index in [1.165, 1.54) is 98.8 Å². The summed E-state index contributed by atoms with van der Waals surface area (Å²) in [5, 5.41) is 7.44. The van der Waals surface area contributed by atoms with Crippen LogP contribution in [0.25, 0.3) is 116 Å². The highest BCUT2D eigenvalue weighted by molar-refractivity contribution is 6.26. The Hall–Kier alpha value is -8.40. The van der Waals surface area contributed by atoms with Gasteiger partial charge < -0.3 is 13.7 Å². The molecule has 0 unspecified atom stereocenters. The van der Waals surface area contributed by atoms with Crippen LogP contribution in [0.15, 0.2) is 237 Å². The molecule has 0 spiro atoms. The molecule has 0 aliphatic rings. The molecule has 3 nitrogen and oxygen atoms in total. The summed E-state index contributed by atoms with van der Waals surface area (Å²) in [7, 11) is 0. The zero-order chi connectivity index (χ0) is 41.4. The van der Waals surface area contributed by atoms with Gasteiger partial charge in [-0.1, -0.05) is 158 Å². The molecule has 3 aromatic heterocycles. The minimum atomic E-state index is 1.14. The van der Waals surface area contributed by atoms with Gasteiger partial charge in [0.1, 0.15) is 0 Å². The molecular weight excluding hydrogens is 763 g/mol. The van der Waals surface area contributed by atoms with Gasteiger partial charge in [-0.15, -0.1) is 0 Å². The maximum atomic E-state index is 2.47. The summed E-state index contributed by atoms with van der Waals surface area (Å²) in [6.45, 7) is 0. The summed E-state index contributed by atoms with van der Waals surface area (Å²) in [6, 6.07) is 86.4. The third kappa shape index (κ3) is 5.53. The zero-order valence-corrected chi connectivity index (χ0v) is 34.4. The summed E-state index contributed by atoms with van der Waals surface area (Å²) >= 11 is 0. The Labute approximate surface area is 364 Å². The van der Waals surface area contributed by atoms with Crippen molar-refractivity contribution in [2.45, 2.75) is 0 Å². The Morgan fingerprint density at radius 1 is 0.206 bits per heavy atom. The largest absolute Gasteiger partial charge is 0.309 e. The first-order valence-electron chi connectivity index (χ1n) is 21.7. The molecule has 3 heteroatoms. The number of fused-ring (bicyclic) bond motifs is 10. The summed E-state index contributed by atoms with van der Waals surface area (Å²) in [5.41, 5.74) is 17.8. The van der Waals surface area contributed by atoms with Crippen LogP contribution in [0.5, 0.6) is 0 Å². The second-order valence-corrected chi connectivity index (χ2v) is 16.5. The van der Waals surface area contributed by atoms with E-state index in [2.05, 4.69) is 250 Å². The number of para-hydroxylation sites is 3. The second kappa shape index (κ2) is 14.1. The highest BCUT2D eigenvalue weighted by Crippen LogP contribution is 2.44. The maximum absolute atomic E-state index is 2.47. The predicted molar refractivity (Wildman–Crippen MR) is 266 cm³/mol. The number of rotatable bonds is 6. The molecule has 0 fully saturated rings. The smallest absolute Gasteiger partial charge is 0.0641 e. The third-order valence-electron chi connectivity index (χ3n) is 13.0. The molecule has 0 amide bonds. The van der Waals surface area contributed by atoms with Crippen LogP contribution in [-0.2, 0) is 0 Å². The van der Waals surface area contributed by atoms with E-state index < -0.39 is 0 Å². The van der Waals surface area contributed by atoms with Crippen molar-refractivity contribution in [3.05, 3.63) is 237 Å². The van der Waals surface area contributed by atoms with Crippen molar-refractivity contribution in [3.8, 4) is 50.4 Å². The van der Waals surface area contributed by atoms with Crippen molar-refractivity contribution in [3.63, 3.8) is 0 Å². The van der Waals surface area contributed by atoms with Crippen molar-refractivity contribution in [2.24, 2.45) is 0 Å². The molecule has 0 aliphatic carbocycles. The van der Waals surface area contributed by atoms with Crippen LogP contribution in [0, 0.1) is 0 Å². The van der Waals surface area contributed by atoms with Gasteiger partial charge in [-0.2, -0.15) is 0 Å². The molecule has 13 rings (SSSR count). The van der Waals surface area contributed by atoms with Crippen LogP contribution in [0.2, 0.25) is 0 Å². The van der Waals surface area contributed by atoms with Crippen molar-refractivity contribution in [2.75, 3.05) is 0 Å². The molecule has 10 aromatic carbocycles. The minimum Gasteiger partial charge on any atom is -0.309 e.